The van der Waals surface area contributed by atoms with Crippen LogP contribution in [-0.4, -0.2) is 49.3 Å². The van der Waals surface area contributed by atoms with E-state index in [1.807, 2.05) is 0 Å². The molecule has 1 atom stereocenters. The van der Waals surface area contributed by atoms with Gasteiger partial charge in [0.15, 0.2) is 0 Å². The summed E-state index contributed by atoms with van der Waals surface area (Å²) in [4.78, 5) is 19.6. The van der Waals surface area contributed by atoms with Gasteiger partial charge >= 0.3 is 0 Å². The molecule has 0 aliphatic heterocycles. The minimum atomic E-state index is -0.462. The first-order valence-corrected chi connectivity index (χ1v) is 5.78. The minimum Gasteiger partial charge on any atom is -0.481 e. The number of nitrogens with zero attached hydrogens (tertiary/aromatic N) is 2. The van der Waals surface area contributed by atoms with Crippen LogP contribution in [0.15, 0.2) is 6.07 Å². The predicted octanol–water partition coefficient (Wildman–Crippen LogP) is -0.370. The topological polar surface area (TPSA) is 111 Å². The maximum atomic E-state index is 11.7. The van der Waals surface area contributed by atoms with Crippen molar-refractivity contribution >= 4 is 17.7 Å². The highest BCUT2D eigenvalue weighted by Gasteiger charge is 2.13. The molecule has 106 valence electrons. The van der Waals surface area contributed by atoms with Gasteiger partial charge in [-0.2, -0.15) is 9.97 Å². The molecule has 0 radical (unpaired) electrons. The molecule has 0 saturated carbocycles. The van der Waals surface area contributed by atoms with Gasteiger partial charge in [-0.3, -0.25) is 4.79 Å². The molecular formula is C11H19N5O3. The Bertz CT molecular complexity index is 427. The standard InChI is InChI=1S/C11H19N5O3/c1-7(10(17)13-4-5-18-2)14-8-6-9(19-3)16-11(12)15-8/h6-7H,4-5H2,1-3H3,(H,13,17)(H3,12,14,15,16). The van der Waals surface area contributed by atoms with Crippen LogP contribution in [0.1, 0.15) is 6.92 Å². The summed E-state index contributed by atoms with van der Waals surface area (Å²) in [6, 6.07) is 1.10. The second kappa shape index (κ2) is 7.37. The molecule has 1 aromatic rings. The molecular weight excluding hydrogens is 250 g/mol. The van der Waals surface area contributed by atoms with Crippen molar-refractivity contribution < 1.29 is 14.3 Å². The lowest BCUT2D eigenvalue weighted by Gasteiger charge is -2.15. The lowest BCUT2D eigenvalue weighted by Crippen LogP contribution is -2.39. The van der Waals surface area contributed by atoms with Crippen molar-refractivity contribution in [1.29, 1.82) is 0 Å². The first-order valence-electron chi connectivity index (χ1n) is 5.78. The van der Waals surface area contributed by atoms with E-state index >= 15 is 0 Å². The SMILES string of the molecule is COCCNC(=O)C(C)Nc1cc(OC)nc(N)n1. The number of ether oxygens (including phenoxy) is 2. The number of anilines is 2. The zero-order valence-electron chi connectivity index (χ0n) is 11.3. The van der Waals surface area contributed by atoms with E-state index in [0.29, 0.717) is 24.8 Å². The number of nitrogens with one attached hydrogen (secondary N) is 2. The third-order valence-electron chi connectivity index (χ3n) is 2.29. The van der Waals surface area contributed by atoms with Gasteiger partial charge in [-0.05, 0) is 6.92 Å². The van der Waals surface area contributed by atoms with E-state index in [0.717, 1.165) is 0 Å². The van der Waals surface area contributed by atoms with E-state index in [-0.39, 0.29) is 11.9 Å². The van der Waals surface area contributed by atoms with Crippen LogP contribution in [0, 0.1) is 0 Å². The van der Waals surface area contributed by atoms with E-state index in [1.165, 1.54) is 7.11 Å². The van der Waals surface area contributed by atoms with Crippen molar-refractivity contribution in [2.75, 3.05) is 38.4 Å². The molecule has 8 nitrogen and oxygen atoms in total. The largest absolute Gasteiger partial charge is 0.481 e. The highest BCUT2D eigenvalue weighted by molar-refractivity contribution is 5.83. The van der Waals surface area contributed by atoms with Crippen molar-refractivity contribution in [3.63, 3.8) is 0 Å². The second-order valence-electron chi connectivity index (χ2n) is 3.80. The lowest BCUT2D eigenvalue weighted by atomic mass is 10.3. The number of carbonyl (C=O) groups is 1. The molecule has 8 heteroatoms. The Kier molecular flexibility index (Phi) is 5.80. The lowest BCUT2D eigenvalue weighted by molar-refractivity contribution is -0.121. The number of amides is 1. The first-order chi connectivity index (χ1) is 9.06. The third kappa shape index (κ3) is 4.96. The normalized spacial score (nSPS) is 11.7. The smallest absolute Gasteiger partial charge is 0.242 e. The van der Waals surface area contributed by atoms with E-state index < -0.39 is 6.04 Å². The van der Waals surface area contributed by atoms with Gasteiger partial charge in [-0.1, -0.05) is 0 Å². The molecule has 0 aromatic carbocycles. The van der Waals surface area contributed by atoms with Gasteiger partial charge in [0.05, 0.1) is 13.7 Å². The summed E-state index contributed by atoms with van der Waals surface area (Å²) >= 11 is 0. The Morgan fingerprint density at radius 1 is 1.47 bits per heavy atom. The van der Waals surface area contributed by atoms with Crippen LogP contribution in [-0.2, 0) is 9.53 Å². The first kappa shape index (κ1) is 15.0. The highest BCUT2D eigenvalue weighted by Crippen LogP contribution is 2.14. The molecule has 4 N–H and O–H groups in total. The number of methoxy groups -OCH3 is 2. The van der Waals surface area contributed by atoms with E-state index in [1.54, 1.807) is 20.1 Å². The molecule has 0 spiro atoms. The zero-order valence-corrected chi connectivity index (χ0v) is 11.3. The summed E-state index contributed by atoms with van der Waals surface area (Å²) in [5.41, 5.74) is 5.53. The van der Waals surface area contributed by atoms with Gasteiger partial charge in [0.1, 0.15) is 11.9 Å². The summed E-state index contributed by atoms with van der Waals surface area (Å²) in [7, 11) is 3.05. The van der Waals surface area contributed by atoms with E-state index in [2.05, 4.69) is 20.6 Å². The predicted molar refractivity (Wildman–Crippen MR) is 71.0 cm³/mol. The number of aromatic nitrogens is 2. The molecule has 1 amide bonds. The van der Waals surface area contributed by atoms with Gasteiger partial charge in [0.2, 0.25) is 17.7 Å². The van der Waals surface area contributed by atoms with Crippen molar-refractivity contribution in [3.8, 4) is 5.88 Å². The molecule has 0 bridgehead atoms. The van der Waals surface area contributed by atoms with Crippen LogP contribution < -0.4 is 21.1 Å². The van der Waals surface area contributed by atoms with Crippen molar-refractivity contribution in [3.05, 3.63) is 6.07 Å². The van der Waals surface area contributed by atoms with Gasteiger partial charge in [-0.25, -0.2) is 0 Å². The molecule has 0 fully saturated rings. The maximum absolute atomic E-state index is 11.7. The number of carbonyl (C=O) groups excluding carboxylic acids is 1. The molecule has 1 rings (SSSR count). The molecule has 1 aromatic heterocycles. The third-order valence-corrected chi connectivity index (χ3v) is 2.29. The Balaban J connectivity index is 2.58. The number of nitrogens with two attached hydrogens (primary N) is 1. The monoisotopic (exact) mass is 269 g/mol. The van der Waals surface area contributed by atoms with E-state index in [4.69, 9.17) is 15.2 Å². The van der Waals surface area contributed by atoms with Crippen LogP contribution in [0.3, 0.4) is 0 Å². The fourth-order valence-electron chi connectivity index (χ4n) is 1.34. The average Bonchev–Trinajstić information content (AvgIpc) is 2.38. The fraction of sp³-hybridized carbons (Fsp3) is 0.545. The highest BCUT2D eigenvalue weighted by atomic mass is 16.5. The molecule has 0 aliphatic carbocycles. The van der Waals surface area contributed by atoms with Crippen LogP contribution in [0.4, 0.5) is 11.8 Å². The minimum absolute atomic E-state index is 0.0776. The van der Waals surface area contributed by atoms with Crippen LogP contribution in [0.25, 0.3) is 0 Å². The molecule has 1 unspecified atom stereocenters. The average molecular weight is 269 g/mol. The summed E-state index contributed by atoms with van der Waals surface area (Å²) in [6.07, 6.45) is 0. The molecule has 19 heavy (non-hydrogen) atoms. The van der Waals surface area contributed by atoms with Crippen LogP contribution in [0.5, 0.6) is 5.88 Å². The maximum Gasteiger partial charge on any atom is 0.242 e. The summed E-state index contributed by atoms with van der Waals surface area (Å²) in [6.45, 7) is 2.64. The Morgan fingerprint density at radius 3 is 2.84 bits per heavy atom. The summed E-state index contributed by atoms with van der Waals surface area (Å²) in [5.74, 6) is 0.683. The fourth-order valence-corrected chi connectivity index (χ4v) is 1.34. The van der Waals surface area contributed by atoms with Gasteiger partial charge in [-0.15, -0.1) is 0 Å². The molecule has 0 saturated heterocycles. The van der Waals surface area contributed by atoms with Gasteiger partial charge < -0.3 is 25.8 Å². The second-order valence-corrected chi connectivity index (χ2v) is 3.80. The Morgan fingerprint density at radius 2 is 2.21 bits per heavy atom. The van der Waals surface area contributed by atoms with Crippen molar-refractivity contribution in [1.82, 2.24) is 15.3 Å². The Labute approximate surface area is 111 Å². The van der Waals surface area contributed by atoms with Crippen molar-refractivity contribution in [2.45, 2.75) is 13.0 Å². The van der Waals surface area contributed by atoms with Crippen LogP contribution in [0.2, 0.25) is 0 Å². The van der Waals surface area contributed by atoms with Gasteiger partial charge in [0, 0.05) is 19.7 Å². The quantitative estimate of drug-likeness (QED) is 0.579. The van der Waals surface area contributed by atoms with Crippen LogP contribution >= 0.6 is 0 Å². The zero-order chi connectivity index (χ0) is 14.3. The van der Waals surface area contributed by atoms with Crippen molar-refractivity contribution in [2.24, 2.45) is 0 Å². The number of rotatable bonds is 7. The van der Waals surface area contributed by atoms with E-state index in [9.17, 15) is 4.79 Å². The number of hydrogen-bond acceptors (Lipinski definition) is 7. The molecule has 0 aliphatic rings. The molecule has 1 heterocycles. The number of hydrogen-bond donors (Lipinski definition) is 3. The summed E-state index contributed by atoms with van der Waals surface area (Å²) in [5, 5.41) is 5.63. The van der Waals surface area contributed by atoms with Gasteiger partial charge in [0.25, 0.3) is 0 Å². The number of nitrogen functional groups attached to an aromatic ring is 1. The summed E-state index contributed by atoms with van der Waals surface area (Å²) < 4.78 is 9.82. The Hall–Kier alpha value is -2.09.